The third-order valence-corrected chi connectivity index (χ3v) is 5.61. The van der Waals surface area contributed by atoms with Gasteiger partial charge >= 0.3 is 11.9 Å². The molecule has 0 spiro atoms. The van der Waals surface area contributed by atoms with Gasteiger partial charge < -0.3 is 41.6 Å². The number of aromatic nitrogens is 2. The molecule has 3 amide bonds. The van der Waals surface area contributed by atoms with Gasteiger partial charge in [0.2, 0.25) is 11.8 Å². The first-order valence-electron chi connectivity index (χ1n) is 11.2. The topological polar surface area (TPSA) is 226 Å². The van der Waals surface area contributed by atoms with Gasteiger partial charge in [-0.25, -0.2) is 4.98 Å². The zero-order chi connectivity index (χ0) is 27.1. The van der Waals surface area contributed by atoms with Gasteiger partial charge in [0.15, 0.2) is 0 Å². The third kappa shape index (κ3) is 12.5. The van der Waals surface area contributed by atoms with Crippen molar-refractivity contribution in [2.75, 3.05) is 32.0 Å². The van der Waals surface area contributed by atoms with Crippen molar-refractivity contribution in [3.8, 4) is 0 Å². The highest BCUT2D eigenvalue weighted by Crippen LogP contribution is 2.21. The van der Waals surface area contributed by atoms with Gasteiger partial charge in [-0.1, -0.05) is 25.6 Å². The first-order valence-corrected chi connectivity index (χ1v) is 12.1. The second kappa shape index (κ2) is 15.7. The maximum Gasteiger partial charge on any atom is 0.323 e. The van der Waals surface area contributed by atoms with Crippen molar-refractivity contribution >= 4 is 40.8 Å². The summed E-state index contributed by atoms with van der Waals surface area (Å²) >= 11 is 1.04. The Labute approximate surface area is 212 Å². The van der Waals surface area contributed by atoms with Crippen LogP contribution in [0.1, 0.15) is 32.4 Å². The number of aliphatic hydroxyl groups is 1. The Morgan fingerprint density at radius 3 is 2.53 bits per heavy atom. The van der Waals surface area contributed by atoms with Crippen LogP contribution in [0.3, 0.4) is 0 Å². The number of aliphatic carboxylic acids is 1. The highest BCUT2D eigenvalue weighted by molar-refractivity contribution is 8.13. The van der Waals surface area contributed by atoms with Crippen molar-refractivity contribution in [1.29, 1.82) is 0 Å². The van der Waals surface area contributed by atoms with Crippen LogP contribution in [-0.2, 0) is 30.3 Å². The average Bonchev–Trinajstić information content (AvgIpc) is 3.32. The van der Waals surface area contributed by atoms with Crippen LogP contribution in [0.25, 0.3) is 0 Å². The number of hydrogen-bond acceptors (Lipinski definition) is 10. The molecule has 2 atom stereocenters. The van der Waals surface area contributed by atoms with Crippen molar-refractivity contribution < 1.29 is 38.9 Å². The molecule has 15 heteroatoms. The van der Waals surface area contributed by atoms with Crippen molar-refractivity contribution in [3.63, 3.8) is 0 Å². The van der Waals surface area contributed by atoms with Crippen molar-refractivity contribution in [2.24, 2.45) is 11.1 Å². The molecule has 36 heavy (non-hydrogen) atoms. The number of H-pyrrole nitrogens is 1. The maximum absolute atomic E-state index is 12.2. The first kappa shape index (κ1) is 30.9. The van der Waals surface area contributed by atoms with E-state index in [0.29, 0.717) is 18.7 Å². The lowest BCUT2D eigenvalue weighted by Crippen LogP contribution is -2.47. The lowest BCUT2D eigenvalue weighted by Gasteiger charge is -2.29. The quantitative estimate of drug-likeness (QED) is 0.0986. The molecule has 0 aromatic carbocycles. The summed E-state index contributed by atoms with van der Waals surface area (Å²) in [5.74, 6) is -2.95. The standard InChI is InChI=1S/C21H34N6O8S/c1-21(2,11-35-19(33)14(22)9-16(29)30)17(31)18(32)25-6-4-15(28)24-7-8-36-20(34)26-5-3-13-10-23-12-27-13/h10,12,14,17,31H,3-9,11,22H2,1-2H3,(H,23,27)(H,24,28)(H,25,32)(H,26,34)(H,29,30)/t14-,17-/m0/s1. The number of imidazole rings is 1. The van der Waals surface area contributed by atoms with E-state index in [4.69, 9.17) is 15.6 Å². The molecule has 1 aromatic rings. The Morgan fingerprint density at radius 2 is 1.89 bits per heavy atom. The summed E-state index contributed by atoms with van der Waals surface area (Å²) in [6.07, 6.45) is 1.66. The molecule has 0 aliphatic heterocycles. The van der Waals surface area contributed by atoms with Gasteiger partial charge in [0.05, 0.1) is 19.4 Å². The number of aliphatic hydroxyl groups excluding tert-OH is 1. The second-order valence-corrected chi connectivity index (χ2v) is 9.55. The molecule has 14 nitrogen and oxygen atoms in total. The summed E-state index contributed by atoms with van der Waals surface area (Å²) in [5, 5.41) is 26.5. The van der Waals surface area contributed by atoms with Gasteiger partial charge in [-0.2, -0.15) is 0 Å². The fourth-order valence-electron chi connectivity index (χ4n) is 2.66. The number of amides is 3. The number of rotatable bonds is 16. The number of ether oxygens (including phenoxy) is 1. The number of hydrogen-bond donors (Lipinski definition) is 7. The van der Waals surface area contributed by atoms with Crippen LogP contribution in [0.2, 0.25) is 0 Å². The monoisotopic (exact) mass is 530 g/mol. The van der Waals surface area contributed by atoms with Gasteiger partial charge in [-0.15, -0.1) is 0 Å². The first-order chi connectivity index (χ1) is 16.9. The van der Waals surface area contributed by atoms with Crippen molar-refractivity contribution in [3.05, 3.63) is 18.2 Å². The highest BCUT2D eigenvalue weighted by Gasteiger charge is 2.35. The van der Waals surface area contributed by atoms with Crippen LogP contribution in [0.4, 0.5) is 4.79 Å². The van der Waals surface area contributed by atoms with E-state index in [9.17, 15) is 29.1 Å². The van der Waals surface area contributed by atoms with E-state index in [1.807, 2.05) is 0 Å². The van der Waals surface area contributed by atoms with E-state index in [0.717, 1.165) is 17.5 Å². The normalized spacial score (nSPS) is 12.8. The van der Waals surface area contributed by atoms with Crippen molar-refractivity contribution in [2.45, 2.75) is 45.3 Å². The molecule has 0 bridgehead atoms. The van der Waals surface area contributed by atoms with E-state index in [1.54, 1.807) is 12.5 Å². The lowest BCUT2D eigenvalue weighted by atomic mass is 9.87. The van der Waals surface area contributed by atoms with Crippen LogP contribution in [-0.4, -0.2) is 93.3 Å². The predicted molar refractivity (Wildman–Crippen MR) is 130 cm³/mol. The SMILES string of the molecule is CC(C)(COC(=O)[C@@H](N)CC(=O)O)[C@@H](O)C(=O)NCCC(=O)NCCSC(=O)NCCc1cnc[nH]1. The highest BCUT2D eigenvalue weighted by atomic mass is 32.2. The van der Waals surface area contributed by atoms with E-state index in [-0.39, 0.29) is 37.3 Å². The number of aromatic amines is 1. The van der Waals surface area contributed by atoms with E-state index in [1.165, 1.54) is 13.8 Å². The number of thioether (sulfide) groups is 1. The molecule has 0 aliphatic carbocycles. The van der Waals surface area contributed by atoms with Gasteiger partial charge in [0.1, 0.15) is 12.1 Å². The van der Waals surface area contributed by atoms with Gasteiger partial charge in [0.25, 0.3) is 5.24 Å². The molecule has 1 aromatic heterocycles. The Hall–Kier alpha value is -3.17. The third-order valence-electron chi connectivity index (χ3n) is 4.80. The summed E-state index contributed by atoms with van der Waals surface area (Å²) in [6, 6.07) is -1.36. The molecular weight excluding hydrogens is 496 g/mol. The summed E-state index contributed by atoms with van der Waals surface area (Å²) in [7, 11) is 0. The zero-order valence-electron chi connectivity index (χ0n) is 20.2. The Kier molecular flexibility index (Phi) is 13.5. The average molecular weight is 531 g/mol. The number of nitrogens with two attached hydrogens (primary N) is 1. The maximum atomic E-state index is 12.2. The molecule has 0 aliphatic rings. The van der Waals surface area contributed by atoms with Crippen molar-refractivity contribution in [1.82, 2.24) is 25.9 Å². The van der Waals surface area contributed by atoms with Gasteiger partial charge in [0, 0.05) is 55.5 Å². The number of carboxylic acid groups (broad SMARTS) is 1. The van der Waals surface area contributed by atoms with Crippen LogP contribution in [0, 0.1) is 5.41 Å². The molecule has 8 N–H and O–H groups in total. The molecule has 0 unspecified atom stereocenters. The van der Waals surface area contributed by atoms with Gasteiger partial charge in [-0.3, -0.25) is 24.0 Å². The molecule has 0 fully saturated rings. The number of nitrogens with zero attached hydrogens (tertiary/aromatic N) is 1. The van der Waals surface area contributed by atoms with Crippen LogP contribution in [0.5, 0.6) is 0 Å². The lowest BCUT2D eigenvalue weighted by molar-refractivity contribution is -0.156. The molecule has 1 rings (SSSR count). The minimum atomic E-state index is -1.56. The number of carboxylic acids is 1. The fraction of sp³-hybridized carbons (Fsp3) is 0.619. The molecule has 0 saturated heterocycles. The van der Waals surface area contributed by atoms with Crippen LogP contribution >= 0.6 is 11.8 Å². The summed E-state index contributed by atoms with van der Waals surface area (Å²) in [5.41, 5.74) is 5.13. The minimum absolute atomic E-state index is 0.0394. The Balaban J connectivity index is 2.18. The zero-order valence-corrected chi connectivity index (χ0v) is 21.1. The number of esters is 1. The summed E-state index contributed by atoms with van der Waals surface area (Å²) in [6.45, 7) is 3.26. The van der Waals surface area contributed by atoms with E-state index < -0.39 is 41.8 Å². The Morgan fingerprint density at radius 1 is 1.17 bits per heavy atom. The smallest absolute Gasteiger partial charge is 0.323 e. The molecular formula is C21H34N6O8S. The fourth-order valence-corrected chi connectivity index (χ4v) is 3.25. The number of carbonyl (C=O) groups is 5. The Bertz CT molecular complexity index is 880. The predicted octanol–water partition coefficient (Wildman–Crippen LogP) is -1.25. The molecule has 202 valence electrons. The summed E-state index contributed by atoms with van der Waals surface area (Å²) in [4.78, 5) is 65.0. The van der Waals surface area contributed by atoms with Gasteiger partial charge in [-0.05, 0) is 0 Å². The van der Waals surface area contributed by atoms with E-state index in [2.05, 4.69) is 25.9 Å². The van der Waals surface area contributed by atoms with Crippen LogP contribution < -0.4 is 21.7 Å². The number of carbonyl (C=O) groups excluding carboxylic acids is 4. The minimum Gasteiger partial charge on any atom is -0.481 e. The second-order valence-electron chi connectivity index (χ2n) is 8.48. The number of nitrogens with one attached hydrogen (secondary N) is 4. The summed E-state index contributed by atoms with van der Waals surface area (Å²) < 4.78 is 4.93. The van der Waals surface area contributed by atoms with Crippen LogP contribution in [0.15, 0.2) is 12.5 Å². The molecule has 1 heterocycles. The largest absolute Gasteiger partial charge is 0.481 e. The molecule has 0 saturated carbocycles. The van der Waals surface area contributed by atoms with E-state index >= 15 is 0 Å². The molecule has 0 radical (unpaired) electrons.